The second-order valence-corrected chi connectivity index (χ2v) is 6.55. The Kier molecular flexibility index (Phi) is 4.85. The fourth-order valence-corrected chi connectivity index (χ4v) is 3.39. The van der Waals surface area contributed by atoms with Gasteiger partial charge in [0.25, 0.3) is 0 Å². The van der Waals surface area contributed by atoms with Gasteiger partial charge in [0.15, 0.2) is 0 Å². The van der Waals surface area contributed by atoms with E-state index < -0.39 is 23.6 Å². The van der Waals surface area contributed by atoms with E-state index in [1.807, 2.05) is 30.3 Å². The minimum absolute atomic E-state index is 0.127. The summed E-state index contributed by atoms with van der Waals surface area (Å²) >= 11 is 0. The molecule has 0 aliphatic carbocycles. The van der Waals surface area contributed by atoms with Crippen molar-refractivity contribution in [1.82, 2.24) is 4.90 Å². The monoisotopic (exact) mass is 361 g/mol. The molecule has 0 bridgehead atoms. The first kappa shape index (κ1) is 18.2. The fourth-order valence-electron chi connectivity index (χ4n) is 3.39. The Hall–Kier alpha value is -2.63. The van der Waals surface area contributed by atoms with Gasteiger partial charge in [-0.25, -0.2) is 0 Å². The van der Waals surface area contributed by atoms with Crippen LogP contribution in [0, 0.1) is 5.92 Å². The molecular formula is C20H18F3NO2. The van der Waals surface area contributed by atoms with Crippen LogP contribution in [0.3, 0.4) is 0 Å². The smallest absolute Gasteiger partial charge is 0.344 e. The summed E-state index contributed by atoms with van der Waals surface area (Å²) in [7, 11) is 1.61. The van der Waals surface area contributed by atoms with Gasteiger partial charge in [0, 0.05) is 25.9 Å². The number of hydrogen-bond donors (Lipinski definition) is 0. The van der Waals surface area contributed by atoms with E-state index in [2.05, 4.69) is 0 Å². The molecule has 0 spiro atoms. The molecule has 1 amide bonds. The largest absolute Gasteiger partial charge is 0.416 e. The van der Waals surface area contributed by atoms with Crippen LogP contribution in [0.5, 0.6) is 0 Å². The van der Waals surface area contributed by atoms with Gasteiger partial charge in [-0.15, -0.1) is 0 Å². The molecule has 26 heavy (non-hydrogen) atoms. The molecule has 6 heteroatoms. The highest BCUT2D eigenvalue weighted by molar-refractivity contribution is 6.04. The highest BCUT2D eigenvalue weighted by Crippen LogP contribution is 2.36. The Bertz CT molecular complexity index is 800. The van der Waals surface area contributed by atoms with Crippen molar-refractivity contribution in [2.24, 2.45) is 5.92 Å². The van der Waals surface area contributed by atoms with E-state index in [1.54, 1.807) is 7.05 Å². The van der Waals surface area contributed by atoms with Crippen LogP contribution >= 0.6 is 0 Å². The number of likely N-dealkylation sites (tertiary alicyclic amines) is 1. The lowest BCUT2D eigenvalue weighted by atomic mass is 9.83. The number of benzene rings is 2. The minimum Gasteiger partial charge on any atom is -0.344 e. The molecule has 2 aromatic carbocycles. The van der Waals surface area contributed by atoms with Crippen LogP contribution in [0.4, 0.5) is 13.2 Å². The van der Waals surface area contributed by atoms with Crippen molar-refractivity contribution in [3.8, 4) is 0 Å². The molecule has 1 fully saturated rings. The van der Waals surface area contributed by atoms with E-state index >= 15 is 0 Å². The summed E-state index contributed by atoms with van der Waals surface area (Å²) in [6.45, 7) is 0.315. The van der Waals surface area contributed by atoms with E-state index in [1.165, 1.54) is 17.0 Å². The third-order valence-electron chi connectivity index (χ3n) is 4.75. The van der Waals surface area contributed by atoms with Gasteiger partial charge in [-0.2, -0.15) is 13.2 Å². The second-order valence-electron chi connectivity index (χ2n) is 6.55. The number of rotatable bonds is 4. The Morgan fingerprint density at radius 3 is 2.27 bits per heavy atom. The lowest BCUT2D eigenvalue weighted by molar-refractivity contribution is -0.138. The summed E-state index contributed by atoms with van der Waals surface area (Å²) in [6, 6.07) is 13.8. The highest BCUT2D eigenvalue weighted by atomic mass is 19.4. The molecule has 1 saturated heterocycles. The van der Waals surface area contributed by atoms with Crippen molar-refractivity contribution in [2.45, 2.75) is 18.5 Å². The molecule has 136 valence electrons. The van der Waals surface area contributed by atoms with E-state index in [-0.39, 0.29) is 18.1 Å². The zero-order chi connectivity index (χ0) is 18.9. The number of nitrogens with zero attached hydrogens (tertiary/aromatic N) is 1. The number of halogens is 3. The van der Waals surface area contributed by atoms with Gasteiger partial charge >= 0.3 is 6.18 Å². The maximum atomic E-state index is 12.8. The van der Waals surface area contributed by atoms with Crippen LogP contribution in [0.25, 0.3) is 0 Å². The Morgan fingerprint density at radius 2 is 1.69 bits per heavy atom. The van der Waals surface area contributed by atoms with E-state index in [9.17, 15) is 22.8 Å². The quantitative estimate of drug-likeness (QED) is 0.779. The van der Waals surface area contributed by atoms with Crippen LogP contribution in [-0.2, 0) is 22.2 Å². The summed E-state index contributed by atoms with van der Waals surface area (Å²) in [6.07, 6.45) is -4.29. The van der Waals surface area contributed by atoms with Gasteiger partial charge in [0.05, 0.1) is 5.56 Å². The van der Waals surface area contributed by atoms with E-state index in [0.29, 0.717) is 12.1 Å². The Labute approximate surface area is 149 Å². The van der Waals surface area contributed by atoms with Crippen LogP contribution < -0.4 is 0 Å². The molecule has 3 rings (SSSR count). The average molecular weight is 361 g/mol. The summed E-state index contributed by atoms with van der Waals surface area (Å²) in [5.41, 5.74) is 0.638. The number of carbonyl (C=O) groups excluding carboxylic acids is 2. The molecule has 0 unspecified atom stereocenters. The molecule has 0 aromatic heterocycles. The summed E-state index contributed by atoms with van der Waals surface area (Å²) in [4.78, 5) is 26.7. The van der Waals surface area contributed by atoms with E-state index in [4.69, 9.17) is 0 Å². The third kappa shape index (κ3) is 3.64. The van der Waals surface area contributed by atoms with Gasteiger partial charge < -0.3 is 4.90 Å². The van der Waals surface area contributed by atoms with Crippen molar-refractivity contribution in [3.05, 3.63) is 71.3 Å². The van der Waals surface area contributed by atoms with Crippen molar-refractivity contribution in [2.75, 3.05) is 13.6 Å². The lowest BCUT2D eigenvalue weighted by Gasteiger charge is -2.17. The molecule has 1 aliphatic heterocycles. The highest BCUT2D eigenvalue weighted by Gasteiger charge is 2.43. The first-order chi connectivity index (χ1) is 12.3. The van der Waals surface area contributed by atoms with Crippen molar-refractivity contribution >= 4 is 11.7 Å². The normalized spacial score (nSPS) is 20.5. The molecule has 1 heterocycles. The van der Waals surface area contributed by atoms with Crippen LogP contribution in [0.15, 0.2) is 54.6 Å². The predicted molar refractivity (Wildman–Crippen MR) is 90.5 cm³/mol. The molecule has 0 radical (unpaired) electrons. The fraction of sp³-hybridized carbons (Fsp3) is 0.300. The van der Waals surface area contributed by atoms with Gasteiger partial charge in [0.2, 0.25) is 5.91 Å². The first-order valence-electron chi connectivity index (χ1n) is 8.26. The molecule has 2 aromatic rings. The maximum absolute atomic E-state index is 12.8. The number of likely N-dealkylation sites (N-methyl/N-ethyl adjacent to an activating group) is 1. The average Bonchev–Trinajstić information content (AvgIpc) is 2.90. The number of amides is 1. The zero-order valence-corrected chi connectivity index (χ0v) is 14.2. The van der Waals surface area contributed by atoms with Crippen LogP contribution in [0.1, 0.15) is 22.6 Å². The molecular weight excluding hydrogens is 343 g/mol. The summed E-state index contributed by atoms with van der Waals surface area (Å²) < 4.78 is 38.3. The standard InChI is InChI=1S/C20H18F3NO2/c1-24-12-16(14-7-9-15(10-8-14)20(21,22)23)18(19(24)26)17(25)11-13-5-3-2-4-6-13/h2-10,16,18H,11-12H2,1H3/t16-,18+/m1/s1. The predicted octanol–water partition coefficient (Wildman–Crippen LogP) is 3.69. The third-order valence-corrected chi connectivity index (χ3v) is 4.75. The minimum atomic E-state index is -4.41. The first-order valence-corrected chi connectivity index (χ1v) is 8.26. The SMILES string of the molecule is CN1C[C@H](c2ccc(C(F)(F)F)cc2)[C@@H](C(=O)Cc2ccccc2)C1=O. The van der Waals surface area contributed by atoms with Gasteiger partial charge in [-0.3, -0.25) is 9.59 Å². The number of hydrogen-bond acceptors (Lipinski definition) is 2. The Balaban J connectivity index is 1.85. The number of ketones is 1. The van der Waals surface area contributed by atoms with Crippen molar-refractivity contribution < 1.29 is 22.8 Å². The van der Waals surface area contributed by atoms with Gasteiger partial charge in [0.1, 0.15) is 11.7 Å². The lowest BCUT2D eigenvalue weighted by Crippen LogP contribution is -2.29. The van der Waals surface area contributed by atoms with Crippen LogP contribution in [0.2, 0.25) is 0 Å². The number of carbonyl (C=O) groups is 2. The molecule has 0 saturated carbocycles. The zero-order valence-electron chi connectivity index (χ0n) is 14.2. The van der Waals surface area contributed by atoms with E-state index in [0.717, 1.165) is 17.7 Å². The Morgan fingerprint density at radius 1 is 1.08 bits per heavy atom. The molecule has 2 atom stereocenters. The molecule has 3 nitrogen and oxygen atoms in total. The second kappa shape index (κ2) is 6.94. The maximum Gasteiger partial charge on any atom is 0.416 e. The van der Waals surface area contributed by atoms with Crippen molar-refractivity contribution in [3.63, 3.8) is 0 Å². The van der Waals surface area contributed by atoms with Gasteiger partial charge in [-0.1, -0.05) is 42.5 Å². The topological polar surface area (TPSA) is 37.4 Å². The summed E-state index contributed by atoms with van der Waals surface area (Å²) in [5.74, 6) is -1.80. The van der Waals surface area contributed by atoms with Gasteiger partial charge in [-0.05, 0) is 23.3 Å². The number of alkyl halides is 3. The van der Waals surface area contributed by atoms with Crippen LogP contribution in [-0.4, -0.2) is 30.2 Å². The number of Topliss-reactive ketones (excluding diaryl/α,β-unsaturated/α-hetero) is 1. The van der Waals surface area contributed by atoms with Crippen molar-refractivity contribution in [1.29, 1.82) is 0 Å². The molecule has 0 N–H and O–H groups in total. The molecule has 1 aliphatic rings. The summed E-state index contributed by atoms with van der Waals surface area (Å²) in [5, 5.41) is 0.